The lowest BCUT2D eigenvalue weighted by Crippen LogP contribution is -1.91. The topological polar surface area (TPSA) is 65.7 Å². The van der Waals surface area contributed by atoms with Gasteiger partial charge in [0.15, 0.2) is 0 Å². The van der Waals surface area contributed by atoms with E-state index in [1.807, 2.05) is 35.6 Å². The monoisotopic (exact) mass is 1850 g/mol. The Balaban J connectivity index is 0.000000101. The number of thiophene rings is 1. The largest absolute Gasteiger partial charge is 0.456 e. The molecule has 0 aliphatic carbocycles. The lowest BCUT2D eigenvalue weighted by atomic mass is 9.85. The molecule has 0 unspecified atom stereocenters. The van der Waals surface area contributed by atoms with Gasteiger partial charge < -0.3 is 22.1 Å². The summed E-state index contributed by atoms with van der Waals surface area (Å²) in [6.45, 7) is 0. The highest BCUT2D eigenvalue weighted by atomic mass is 32.1. The fourth-order valence-electron chi connectivity index (χ4n) is 23.6. The van der Waals surface area contributed by atoms with Crippen molar-refractivity contribution < 1.29 is 22.1 Å². The normalized spacial score (nSPS) is 12.0. The zero-order valence-corrected chi connectivity index (χ0v) is 78.5. The van der Waals surface area contributed by atoms with Crippen LogP contribution in [0.5, 0.6) is 0 Å². The summed E-state index contributed by atoms with van der Waals surface area (Å²) in [5.74, 6) is 0. The van der Waals surface area contributed by atoms with Crippen molar-refractivity contribution in [2.24, 2.45) is 0 Å². The van der Waals surface area contributed by atoms with Crippen LogP contribution >= 0.6 is 11.3 Å². The molecule has 0 amide bonds. The molecule has 5 nitrogen and oxygen atoms in total. The minimum Gasteiger partial charge on any atom is -0.456 e. The summed E-state index contributed by atoms with van der Waals surface area (Å²) in [5.41, 5.74) is 28.3. The van der Waals surface area contributed by atoms with Crippen LogP contribution in [0.1, 0.15) is 0 Å². The second-order valence-electron chi connectivity index (χ2n) is 38.1. The Morgan fingerprint density at radius 1 is 0.118 bits per heavy atom. The number of furan rings is 5. The highest BCUT2D eigenvalue weighted by molar-refractivity contribution is 7.25. The molecule has 0 saturated carbocycles. The van der Waals surface area contributed by atoms with Crippen molar-refractivity contribution in [2.45, 2.75) is 0 Å². The van der Waals surface area contributed by atoms with Gasteiger partial charge in [-0.2, -0.15) is 0 Å². The summed E-state index contributed by atoms with van der Waals surface area (Å²) in [6, 6.07) is 175. The average molecular weight is 1850 g/mol. The van der Waals surface area contributed by atoms with Gasteiger partial charge in [-0.1, -0.05) is 376 Å². The van der Waals surface area contributed by atoms with E-state index in [1.54, 1.807) is 0 Å². The van der Waals surface area contributed by atoms with Crippen molar-refractivity contribution in [1.29, 1.82) is 0 Å². The number of hydrogen-bond acceptors (Lipinski definition) is 6. The molecule has 0 aliphatic rings. The zero-order chi connectivity index (χ0) is 94.3. The number of hydrogen-bond donors (Lipinski definition) is 0. The van der Waals surface area contributed by atoms with E-state index in [0.717, 1.165) is 132 Å². The molecule has 0 aliphatic heterocycles. The van der Waals surface area contributed by atoms with E-state index in [2.05, 4.69) is 461 Å². The highest BCUT2D eigenvalue weighted by Crippen LogP contribution is 2.53. The lowest BCUT2D eigenvalue weighted by Gasteiger charge is -2.18. The van der Waals surface area contributed by atoms with E-state index in [9.17, 15) is 0 Å². The molecular weight excluding hydrogens is 1770 g/mol. The molecular formula is C138H80O5S. The Labute approximate surface area is 828 Å². The summed E-state index contributed by atoms with van der Waals surface area (Å²) in [6.07, 6.45) is 0. The molecule has 0 bridgehead atoms. The smallest absolute Gasteiger partial charge is 0.143 e. The van der Waals surface area contributed by atoms with Gasteiger partial charge in [0.05, 0.1) is 0 Å². The van der Waals surface area contributed by atoms with Gasteiger partial charge in [-0.05, 0) is 284 Å². The first-order valence-corrected chi connectivity index (χ1v) is 50.0. The molecule has 6 heterocycles. The molecule has 6 aromatic heterocycles. The van der Waals surface area contributed by atoms with Crippen LogP contribution in [0.3, 0.4) is 0 Å². The van der Waals surface area contributed by atoms with Crippen LogP contribution in [0, 0.1) is 0 Å². The summed E-state index contributed by atoms with van der Waals surface area (Å²) in [4.78, 5) is 0. The summed E-state index contributed by atoms with van der Waals surface area (Å²) >= 11 is 1.87. The SMILES string of the molecule is c1cc(-c2c3ccccc3c(-c3ccc4oc5cc6ccccc6cc5c4c3)c3ccccc23)cc(-c2cccc3c2oc2ccccc23)c1.c1ccc2cc3c(cc2c1)oc1ccc(-c2c4ccccc4c(-c4ccc(-c5cccc6c5oc5ccccc56)cc4)c4ccccc24)cc13.c1ccc2cc3c(cc2c1)oc1ccc(-c2c4ccccc4c(-c4ccc5sc6ccccc6c5c4)c4ccccc24)cc13. The third kappa shape index (κ3) is 13.0. The van der Waals surface area contributed by atoms with Crippen LogP contribution in [0.4, 0.5) is 0 Å². The van der Waals surface area contributed by atoms with Gasteiger partial charge in [0.25, 0.3) is 0 Å². The molecule has 26 aromatic carbocycles. The molecule has 0 N–H and O–H groups in total. The molecule has 32 aromatic rings. The molecule has 668 valence electrons. The van der Waals surface area contributed by atoms with Gasteiger partial charge in [-0.15, -0.1) is 11.3 Å². The fourth-order valence-corrected chi connectivity index (χ4v) is 24.7. The Morgan fingerprint density at radius 3 is 0.736 bits per heavy atom. The second-order valence-corrected chi connectivity index (χ2v) is 39.2. The van der Waals surface area contributed by atoms with Gasteiger partial charge in [0, 0.05) is 85.2 Å². The predicted octanol–water partition coefficient (Wildman–Crippen LogP) is 40.6. The molecule has 0 radical (unpaired) electrons. The number of benzene rings is 26. The van der Waals surface area contributed by atoms with Gasteiger partial charge >= 0.3 is 0 Å². The van der Waals surface area contributed by atoms with Crippen LogP contribution in [-0.4, -0.2) is 0 Å². The Hall–Kier alpha value is -18.7. The van der Waals surface area contributed by atoms with Crippen molar-refractivity contribution >= 4 is 238 Å². The maximum absolute atomic E-state index is 6.45. The van der Waals surface area contributed by atoms with E-state index >= 15 is 0 Å². The summed E-state index contributed by atoms with van der Waals surface area (Å²) in [7, 11) is 0. The zero-order valence-electron chi connectivity index (χ0n) is 77.6. The maximum atomic E-state index is 6.45. The van der Waals surface area contributed by atoms with Crippen LogP contribution in [0.15, 0.2) is 507 Å². The lowest BCUT2D eigenvalue weighted by molar-refractivity contribution is 0.669. The van der Waals surface area contributed by atoms with E-state index in [1.165, 1.54) is 184 Å². The van der Waals surface area contributed by atoms with Crippen molar-refractivity contribution in [3.8, 4) is 89.0 Å². The Kier molecular flexibility index (Phi) is 18.3. The first kappa shape index (κ1) is 81.3. The van der Waals surface area contributed by atoms with E-state index < -0.39 is 0 Å². The number of fused-ring (bicyclic) bond motifs is 27. The molecule has 0 saturated heterocycles. The van der Waals surface area contributed by atoms with Crippen molar-refractivity contribution in [3.05, 3.63) is 485 Å². The van der Waals surface area contributed by atoms with E-state index in [0.29, 0.717) is 0 Å². The van der Waals surface area contributed by atoms with Crippen LogP contribution in [0.2, 0.25) is 0 Å². The summed E-state index contributed by atoms with van der Waals surface area (Å²) in [5, 5.41) is 36.2. The van der Waals surface area contributed by atoms with Crippen molar-refractivity contribution in [2.75, 3.05) is 0 Å². The van der Waals surface area contributed by atoms with Crippen LogP contribution < -0.4 is 0 Å². The fraction of sp³-hybridized carbons (Fsp3) is 0. The maximum Gasteiger partial charge on any atom is 0.143 e. The predicted molar refractivity (Wildman–Crippen MR) is 610 cm³/mol. The van der Waals surface area contributed by atoms with Gasteiger partial charge in [0.1, 0.15) is 55.8 Å². The van der Waals surface area contributed by atoms with Crippen LogP contribution in [0.25, 0.3) is 316 Å². The molecule has 32 rings (SSSR count). The summed E-state index contributed by atoms with van der Waals surface area (Å²) < 4.78 is 34.6. The minimum absolute atomic E-state index is 0.903. The number of para-hydroxylation sites is 4. The molecule has 6 heteroatoms. The Morgan fingerprint density at radius 2 is 0.361 bits per heavy atom. The van der Waals surface area contributed by atoms with Gasteiger partial charge in [-0.3, -0.25) is 0 Å². The van der Waals surface area contributed by atoms with Crippen molar-refractivity contribution in [1.82, 2.24) is 0 Å². The molecule has 0 atom stereocenters. The third-order valence-corrected chi connectivity index (χ3v) is 31.2. The van der Waals surface area contributed by atoms with E-state index in [-0.39, 0.29) is 0 Å². The Bertz CT molecular complexity index is 10900. The molecule has 0 spiro atoms. The standard InChI is InChI=1S/2C48H28O2.C42H24OS/c1-2-12-30-28-45-42(26-29(30)11-1)41-27-33(23-24-44(41)49-45)47-38-18-5-3-16-36(38)46(37-17-4-6-19-39(37)47)32-14-9-13-31(25-32)34-20-10-21-40-35-15-7-8-22-43(35)50-48(34)40;1-2-11-32-28-45-42(26-31(32)10-1)41-27-33(24-25-44(41)49-45)47-38-15-5-3-13-36(38)46(37-14-4-6-16-39(37)47)30-22-20-29(21-23-30)34-17-9-18-40-35-12-7-8-19-43(35)50-48(34)40;1-2-10-26-24-38-35(21-25(26)9-1)34-22-27(17-19-37(34)43-38)41-30-12-3-5-14-32(30)42(33-15-6-4-13-31(33)41)28-18-20-40-36(23-28)29-11-7-8-16-39(29)44-40/h2*1-28H;1-24H. The third-order valence-electron chi connectivity index (χ3n) is 30.1. The minimum atomic E-state index is 0.903. The highest BCUT2D eigenvalue weighted by Gasteiger charge is 2.26. The average Bonchev–Trinajstić information content (AvgIpc) is 1.00. The first-order chi connectivity index (χ1) is 71.4. The van der Waals surface area contributed by atoms with Gasteiger partial charge in [0.2, 0.25) is 0 Å². The van der Waals surface area contributed by atoms with E-state index in [4.69, 9.17) is 22.1 Å². The van der Waals surface area contributed by atoms with Gasteiger partial charge in [-0.25, -0.2) is 0 Å². The van der Waals surface area contributed by atoms with Crippen LogP contribution in [-0.2, 0) is 0 Å². The molecule has 144 heavy (non-hydrogen) atoms. The quantitative estimate of drug-likeness (QED) is 0.142. The first-order valence-electron chi connectivity index (χ1n) is 49.2. The van der Waals surface area contributed by atoms with Crippen molar-refractivity contribution in [3.63, 3.8) is 0 Å². The second kappa shape index (κ2) is 32.4. The molecule has 0 fully saturated rings. The number of rotatable bonds is 8.